The van der Waals surface area contributed by atoms with E-state index in [4.69, 9.17) is 9.84 Å². The zero-order valence-electron chi connectivity index (χ0n) is 6.36. The van der Waals surface area contributed by atoms with Crippen LogP contribution in [0.5, 0.6) is 5.75 Å². The predicted octanol–water partition coefficient (Wildman–Crippen LogP) is 0.623. The third-order valence-corrected chi connectivity index (χ3v) is 1.88. The largest absolute Gasteiger partial charge is 0.479 e. The molecular formula is C9H8O3. The van der Waals surface area contributed by atoms with Crippen molar-refractivity contribution < 1.29 is 14.6 Å². The Balaban J connectivity index is 2.42. The number of ether oxygens (including phenoxy) is 1. The molecule has 1 heterocycles. The molecule has 62 valence electrons. The van der Waals surface area contributed by atoms with Gasteiger partial charge in [0.05, 0.1) is 12.2 Å². The van der Waals surface area contributed by atoms with E-state index in [-0.39, 0.29) is 12.4 Å². The molecule has 0 bridgehead atoms. The maximum absolute atomic E-state index is 11.3. The first kappa shape index (κ1) is 7.31. The Labute approximate surface area is 69.6 Å². The summed E-state index contributed by atoms with van der Waals surface area (Å²) in [6.07, 6.45) is -0.692. The lowest BCUT2D eigenvalue weighted by atomic mass is 10.1. The van der Waals surface area contributed by atoms with Gasteiger partial charge in [0, 0.05) is 0 Å². The number of para-hydroxylation sites is 1. The van der Waals surface area contributed by atoms with E-state index in [0.29, 0.717) is 11.3 Å². The lowest BCUT2D eigenvalue weighted by Crippen LogP contribution is -2.24. The first-order chi connectivity index (χ1) is 5.83. The number of aliphatic hydroxyl groups excluding tert-OH is 1. The molecule has 12 heavy (non-hydrogen) atoms. The van der Waals surface area contributed by atoms with Gasteiger partial charge in [-0.1, -0.05) is 12.1 Å². The van der Waals surface area contributed by atoms with Crippen molar-refractivity contribution in [1.82, 2.24) is 0 Å². The van der Waals surface area contributed by atoms with Gasteiger partial charge in [-0.3, -0.25) is 4.79 Å². The van der Waals surface area contributed by atoms with Crippen molar-refractivity contribution in [3.05, 3.63) is 29.8 Å². The molecule has 3 nitrogen and oxygen atoms in total. The summed E-state index contributed by atoms with van der Waals surface area (Å²) in [4.78, 5) is 11.3. The highest BCUT2D eigenvalue weighted by Crippen LogP contribution is 2.27. The van der Waals surface area contributed by atoms with Gasteiger partial charge in [-0.05, 0) is 12.1 Å². The van der Waals surface area contributed by atoms with E-state index in [1.807, 2.05) is 0 Å². The van der Waals surface area contributed by atoms with Crippen LogP contribution >= 0.6 is 0 Å². The Morgan fingerprint density at radius 3 is 2.83 bits per heavy atom. The number of Topliss-reactive ketones (excluding diaryl/α,β-unsaturated/α-hetero) is 1. The molecule has 3 heteroatoms. The fourth-order valence-electron chi connectivity index (χ4n) is 1.27. The Kier molecular flexibility index (Phi) is 1.59. The SMILES string of the molecule is O=C1c2ccccc2OC1CO. The molecule has 1 N–H and O–H groups in total. The summed E-state index contributed by atoms with van der Waals surface area (Å²) in [5.74, 6) is 0.439. The predicted molar refractivity (Wildman–Crippen MR) is 42.3 cm³/mol. The van der Waals surface area contributed by atoms with E-state index in [1.165, 1.54) is 0 Å². The van der Waals surface area contributed by atoms with Gasteiger partial charge in [0.25, 0.3) is 0 Å². The Hall–Kier alpha value is -1.35. The number of carbonyl (C=O) groups excluding carboxylic acids is 1. The van der Waals surface area contributed by atoms with Crippen LogP contribution in [0.3, 0.4) is 0 Å². The van der Waals surface area contributed by atoms with Gasteiger partial charge >= 0.3 is 0 Å². The van der Waals surface area contributed by atoms with Crippen LogP contribution in [0.1, 0.15) is 10.4 Å². The van der Waals surface area contributed by atoms with Crippen molar-refractivity contribution in [2.45, 2.75) is 6.10 Å². The molecule has 2 rings (SSSR count). The summed E-state index contributed by atoms with van der Waals surface area (Å²) in [5.41, 5.74) is 0.566. The van der Waals surface area contributed by atoms with Gasteiger partial charge in [0.2, 0.25) is 5.78 Å². The van der Waals surface area contributed by atoms with Crippen LogP contribution in [0.25, 0.3) is 0 Å². The zero-order valence-corrected chi connectivity index (χ0v) is 6.36. The van der Waals surface area contributed by atoms with E-state index in [0.717, 1.165) is 0 Å². The fraction of sp³-hybridized carbons (Fsp3) is 0.222. The second kappa shape index (κ2) is 2.60. The number of benzene rings is 1. The summed E-state index contributed by atoms with van der Waals surface area (Å²) in [6.45, 7) is -0.256. The lowest BCUT2D eigenvalue weighted by molar-refractivity contribution is 0.0742. The quantitative estimate of drug-likeness (QED) is 0.662. The van der Waals surface area contributed by atoms with Crippen molar-refractivity contribution in [2.75, 3.05) is 6.61 Å². The molecule has 1 aliphatic rings. The van der Waals surface area contributed by atoms with Crippen LogP contribution in [-0.4, -0.2) is 23.6 Å². The third kappa shape index (κ3) is 0.905. The minimum atomic E-state index is -0.692. The maximum Gasteiger partial charge on any atom is 0.209 e. The molecule has 1 aliphatic heterocycles. The molecule has 1 unspecified atom stereocenters. The van der Waals surface area contributed by atoms with Crippen LogP contribution in [0.4, 0.5) is 0 Å². The summed E-state index contributed by atoms with van der Waals surface area (Å²) in [5, 5.41) is 8.76. The molecular weight excluding hydrogens is 156 g/mol. The van der Waals surface area contributed by atoms with Crippen molar-refractivity contribution in [3.8, 4) is 5.75 Å². The van der Waals surface area contributed by atoms with Crippen LogP contribution in [0, 0.1) is 0 Å². The first-order valence-corrected chi connectivity index (χ1v) is 3.73. The second-order valence-corrected chi connectivity index (χ2v) is 2.65. The van der Waals surface area contributed by atoms with Crippen LogP contribution in [0.2, 0.25) is 0 Å². The van der Waals surface area contributed by atoms with Gasteiger partial charge in [-0.15, -0.1) is 0 Å². The number of hydrogen-bond donors (Lipinski definition) is 1. The topological polar surface area (TPSA) is 46.5 Å². The molecule has 0 radical (unpaired) electrons. The normalized spacial score (nSPS) is 20.4. The standard InChI is InChI=1S/C9H8O3/c10-5-8-9(11)6-3-1-2-4-7(6)12-8/h1-4,8,10H,5H2. The van der Waals surface area contributed by atoms with Gasteiger partial charge < -0.3 is 9.84 Å². The molecule has 0 saturated carbocycles. The Morgan fingerprint density at radius 1 is 1.42 bits per heavy atom. The average Bonchev–Trinajstić information content (AvgIpc) is 2.44. The minimum absolute atomic E-state index is 0.131. The number of ketones is 1. The van der Waals surface area contributed by atoms with Crippen molar-refractivity contribution in [3.63, 3.8) is 0 Å². The van der Waals surface area contributed by atoms with E-state index in [9.17, 15) is 4.79 Å². The number of hydrogen-bond acceptors (Lipinski definition) is 3. The zero-order chi connectivity index (χ0) is 8.55. The number of fused-ring (bicyclic) bond motifs is 1. The van der Waals surface area contributed by atoms with Crippen LogP contribution < -0.4 is 4.74 Å². The Morgan fingerprint density at radius 2 is 2.17 bits per heavy atom. The highest BCUT2D eigenvalue weighted by Gasteiger charge is 2.30. The lowest BCUT2D eigenvalue weighted by Gasteiger charge is -2.02. The summed E-state index contributed by atoms with van der Waals surface area (Å²) in [7, 11) is 0. The smallest absolute Gasteiger partial charge is 0.209 e. The Bertz CT molecular complexity index is 319. The summed E-state index contributed by atoms with van der Waals surface area (Å²) >= 11 is 0. The highest BCUT2D eigenvalue weighted by molar-refractivity contribution is 6.04. The fourth-order valence-corrected chi connectivity index (χ4v) is 1.27. The molecule has 0 fully saturated rings. The van der Waals surface area contributed by atoms with Gasteiger partial charge in [0.1, 0.15) is 5.75 Å². The summed E-state index contributed by atoms with van der Waals surface area (Å²) < 4.78 is 5.17. The monoisotopic (exact) mass is 164 g/mol. The minimum Gasteiger partial charge on any atom is -0.479 e. The van der Waals surface area contributed by atoms with Crippen molar-refractivity contribution >= 4 is 5.78 Å². The number of aliphatic hydroxyl groups is 1. The molecule has 1 atom stereocenters. The molecule has 0 aliphatic carbocycles. The van der Waals surface area contributed by atoms with Gasteiger partial charge in [0.15, 0.2) is 6.10 Å². The second-order valence-electron chi connectivity index (χ2n) is 2.65. The van der Waals surface area contributed by atoms with Crippen molar-refractivity contribution in [1.29, 1.82) is 0 Å². The van der Waals surface area contributed by atoms with Crippen LogP contribution in [0.15, 0.2) is 24.3 Å². The molecule has 0 amide bonds. The van der Waals surface area contributed by atoms with E-state index in [1.54, 1.807) is 24.3 Å². The number of rotatable bonds is 1. The number of carbonyl (C=O) groups is 1. The van der Waals surface area contributed by atoms with E-state index < -0.39 is 6.10 Å². The molecule has 0 saturated heterocycles. The van der Waals surface area contributed by atoms with Crippen LogP contribution in [-0.2, 0) is 0 Å². The molecule has 1 aromatic rings. The highest BCUT2D eigenvalue weighted by atomic mass is 16.5. The summed E-state index contributed by atoms with van der Waals surface area (Å²) in [6, 6.07) is 7.00. The van der Waals surface area contributed by atoms with Gasteiger partial charge in [-0.25, -0.2) is 0 Å². The van der Waals surface area contributed by atoms with E-state index >= 15 is 0 Å². The first-order valence-electron chi connectivity index (χ1n) is 3.73. The van der Waals surface area contributed by atoms with E-state index in [2.05, 4.69) is 0 Å². The molecule has 0 aromatic heterocycles. The van der Waals surface area contributed by atoms with Gasteiger partial charge in [-0.2, -0.15) is 0 Å². The molecule has 1 aromatic carbocycles. The third-order valence-electron chi connectivity index (χ3n) is 1.88. The van der Waals surface area contributed by atoms with Crippen molar-refractivity contribution in [2.24, 2.45) is 0 Å². The maximum atomic E-state index is 11.3. The average molecular weight is 164 g/mol. The molecule has 0 spiro atoms.